The molecule has 0 aliphatic carbocycles. The number of carbonyl (C=O) groups excluding carboxylic acids is 1. The van der Waals surface area contributed by atoms with Crippen LogP contribution >= 0.6 is 0 Å². The lowest BCUT2D eigenvalue weighted by Crippen LogP contribution is -2.50. The molecule has 0 bridgehead atoms. The molecule has 0 N–H and O–H groups in total. The van der Waals surface area contributed by atoms with Gasteiger partial charge < -0.3 is 4.90 Å². The highest BCUT2D eigenvalue weighted by Crippen LogP contribution is 2.23. The van der Waals surface area contributed by atoms with Crippen LogP contribution in [0.2, 0.25) is 0 Å². The first-order chi connectivity index (χ1) is 15.3. The molecule has 4 rings (SSSR count). The van der Waals surface area contributed by atoms with E-state index in [0.29, 0.717) is 29.6 Å². The summed E-state index contributed by atoms with van der Waals surface area (Å²) in [7, 11) is -4.14. The standard InChI is InChI=1S/C21H21F2N5O3S/c1-2-18-16(14-25-28(18)20-5-3-4-8-24-20)21(29)26-9-11-27(12-10-26)32(30,31)19-7-6-15(22)13-17(19)23/h3-8,13-14H,2,9-12H2,1H3. The molecule has 0 unspecified atom stereocenters. The molecule has 1 saturated heterocycles. The van der Waals surface area contributed by atoms with Crippen molar-refractivity contribution in [3.8, 4) is 5.82 Å². The zero-order valence-electron chi connectivity index (χ0n) is 17.3. The van der Waals surface area contributed by atoms with Crippen molar-refractivity contribution in [3.63, 3.8) is 0 Å². The molecule has 1 amide bonds. The number of hydrogen-bond acceptors (Lipinski definition) is 5. The Morgan fingerprint density at radius 1 is 1.09 bits per heavy atom. The normalized spacial score (nSPS) is 15.2. The third-order valence-corrected chi connectivity index (χ3v) is 7.27. The van der Waals surface area contributed by atoms with Gasteiger partial charge in [0.25, 0.3) is 5.91 Å². The molecule has 1 fully saturated rings. The molecule has 3 heterocycles. The number of sulfonamides is 1. The summed E-state index contributed by atoms with van der Waals surface area (Å²) in [5.41, 5.74) is 1.14. The maximum Gasteiger partial charge on any atom is 0.257 e. The molecular weight excluding hydrogens is 440 g/mol. The van der Waals surface area contributed by atoms with Gasteiger partial charge in [0.05, 0.1) is 17.5 Å². The summed E-state index contributed by atoms with van der Waals surface area (Å²) in [5.74, 6) is -1.65. The Balaban J connectivity index is 1.50. The minimum absolute atomic E-state index is 0.000720. The fourth-order valence-corrected chi connectivity index (χ4v) is 5.16. The third-order valence-electron chi connectivity index (χ3n) is 5.34. The number of amides is 1. The van der Waals surface area contributed by atoms with Crippen LogP contribution in [0.1, 0.15) is 23.0 Å². The lowest BCUT2D eigenvalue weighted by Gasteiger charge is -2.34. The van der Waals surface area contributed by atoms with Gasteiger partial charge in [-0.2, -0.15) is 9.40 Å². The summed E-state index contributed by atoms with van der Waals surface area (Å²) in [6, 6.07) is 7.76. The van der Waals surface area contributed by atoms with Crippen LogP contribution in [0.15, 0.2) is 53.7 Å². The highest BCUT2D eigenvalue weighted by Gasteiger charge is 2.33. The number of piperazine rings is 1. The smallest absolute Gasteiger partial charge is 0.257 e. The highest BCUT2D eigenvalue weighted by molar-refractivity contribution is 7.89. The summed E-state index contributed by atoms with van der Waals surface area (Å²) in [6.07, 6.45) is 3.68. The van der Waals surface area contributed by atoms with Gasteiger partial charge in [-0.05, 0) is 30.7 Å². The van der Waals surface area contributed by atoms with Crippen molar-refractivity contribution in [1.29, 1.82) is 0 Å². The molecule has 1 aliphatic rings. The molecule has 11 heteroatoms. The molecule has 0 radical (unpaired) electrons. The first-order valence-electron chi connectivity index (χ1n) is 10.1. The van der Waals surface area contributed by atoms with Crippen molar-refractivity contribution < 1.29 is 22.0 Å². The van der Waals surface area contributed by atoms with Crippen LogP contribution in [0.25, 0.3) is 5.82 Å². The molecule has 0 spiro atoms. The van der Waals surface area contributed by atoms with E-state index in [1.807, 2.05) is 13.0 Å². The van der Waals surface area contributed by atoms with Gasteiger partial charge in [-0.25, -0.2) is 26.9 Å². The maximum absolute atomic E-state index is 14.0. The van der Waals surface area contributed by atoms with E-state index in [1.54, 1.807) is 27.9 Å². The second-order valence-corrected chi connectivity index (χ2v) is 9.14. The van der Waals surface area contributed by atoms with E-state index in [1.165, 1.54) is 6.20 Å². The molecular formula is C21H21F2N5O3S. The second kappa shape index (κ2) is 8.75. The SMILES string of the molecule is CCc1c(C(=O)N2CCN(S(=O)(=O)c3ccc(F)cc3F)CC2)cnn1-c1ccccn1. The Hall–Kier alpha value is -3.18. The van der Waals surface area contributed by atoms with Crippen LogP contribution in [-0.4, -0.2) is 64.5 Å². The van der Waals surface area contributed by atoms with Crippen molar-refractivity contribution >= 4 is 15.9 Å². The van der Waals surface area contributed by atoms with E-state index in [0.717, 1.165) is 16.4 Å². The van der Waals surface area contributed by atoms with Crippen LogP contribution in [0.3, 0.4) is 0 Å². The lowest BCUT2D eigenvalue weighted by atomic mass is 10.1. The Labute approximate surface area is 184 Å². The average molecular weight is 461 g/mol. The number of nitrogens with zero attached hydrogens (tertiary/aromatic N) is 5. The number of carbonyl (C=O) groups is 1. The summed E-state index contributed by atoms with van der Waals surface area (Å²) in [6.45, 7) is 2.19. The molecule has 0 atom stereocenters. The van der Waals surface area contributed by atoms with Crippen LogP contribution in [0, 0.1) is 11.6 Å². The summed E-state index contributed by atoms with van der Waals surface area (Å²) in [4.78, 5) is 18.4. The monoisotopic (exact) mass is 461 g/mol. The first kappa shape index (κ1) is 22.0. The van der Waals surface area contributed by atoms with Crippen LogP contribution in [0.4, 0.5) is 8.78 Å². The molecule has 3 aromatic rings. The van der Waals surface area contributed by atoms with Gasteiger partial charge in [-0.15, -0.1) is 0 Å². The first-order valence-corrected chi connectivity index (χ1v) is 11.5. The maximum atomic E-state index is 14.0. The van der Waals surface area contributed by atoms with E-state index in [2.05, 4.69) is 10.1 Å². The molecule has 8 nitrogen and oxygen atoms in total. The Bertz CT molecular complexity index is 1240. The van der Waals surface area contributed by atoms with E-state index in [-0.39, 0.29) is 32.1 Å². The number of rotatable bonds is 5. The van der Waals surface area contributed by atoms with Crippen LogP contribution in [0.5, 0.6) is 0 Å². The summed E-state index contributed by atoms with van der Waals surface area (Å²) >= 11 is 0. The van der Waals surface area contributed by atoms with E-state index in [4.69, 9.17) is 0 Å². The molecule has 32 heavy (non-hydrogen) atoms. The Morgan fingerprint density at radius 2 is 1.84 bits per heavy atom. The van der Waals surface area contributed by atoms with Crippen molar-refractivity contribution in [1.82, 2.24) is 24.0 Å². The van der Waals surface area contributed by atoms with Crippen molar-refractivity contribution in [2.24, 2.45) is 0 Å². The second-order valence-electron chi connectivity index (χ2n) is 7.23. The van der Waals surface area contributed by atoms with Gasteiger partial charge >= 0.3 is 0 Å². The van der Waals surface area contributed by atoms with Gasteiger partial charge in [0.2, 0.25) is 10.0 Å². The largest absolute Gasteiger partial charge is 0.336 e. The fourth-order valence-electron chi connectivity index (χ4n) is 3.69. The molecule has 1 aromatic carbocycles. The van der Waals surface area contributed by atoms with Crippen molar-refractivity contribution in [2.75, 3.05) is 26.2 Å². The molecule has 0 saturated carbocycles. The average Bonchev–Trinajstić information content (AvgIpc) is 3.23. The van der Waals surface area contributed by atoms with Crippen LogP contribution in [-0.2, 0) is 16.4 Å². The summed E-state index contributed by atoms with van der Waals surface area (Å²) in [5, 5.41) is 4.31. The number of hydrogen-bond donors (Lipinski definition) is 0. The third kappa shape index (κ3) is 4.00. The van der Waals surface area contributed by atoms with Gasteiger partial charge in [0, 0.05) is 38.4 Å². The predicted octanol–water partition coefficient (Wildman–Crippen LogP) is 2.25. The number of aromatic nitrogens is 3. The molecule has 168 valence electrons. The lowest BCUT2D eigenvalue weighted by molar-refractivity contribution is 0.0696. The van der Waals surface area contributed by atoms with Gasteiger partial charge in [-0.3, -0.25) is 4.79 Å². The number of pyridine rings is 1. The van der Waals surface area contributed by atoms with Gasteiger partial charge in [-0.1, -0.05) is 13.0 Å². The minimum Gasteiger partial charge on any atom is -0.336 e. The van der Waals surface area contributed by atoms with E-state index >= 15 is 0 Å². The number of halogens is 2. The Morgan fingerprint density at radius 3 is 2.47 bits per heavy atom. The minimum atomic E-state index is -4.14. The van der Waals surface area contributed by atoms with E-state index in [9.17, 15) is 22.0 Å². The predicted molar refractivity (Wildman–Crippen MR) is 112 cm³/mol. The van der Waals surface area contributed by atoms with Crippen molar-refractivity contribution in [2.45, 2.75) is 18.2 Å². The summed E-state index contributed by atoms with van der Waals surface area (Å²) < 4.78 is 55.4. The Kier molecular flexibility index (Phi) is 6.02. The highest BCUT2D eigenvalue weighted by atomic mass is 32.2. The fraction of sp³-hybridized carbons (Fsp3) is 0.286. The zero-order valence-corrected chi connectivity index (χ0v) is 18.1. The van der Waals surface area contributed by atoms with Gasteiger partial charge in [0.15, 0.2) is 5.82 Å². The molecule has 2 aromatic heterocycles. The topological polar surface area (TPSA) is 88.4 Å². The van der Waals surface area contributed by atoms with Crippen LogP contribution < -0.4 is 0 Å². The van der Waals surface area contributed by atoms with Crippen molar-refractivity contribution in [3.05, 3.63) is 71.7 Å². The quantitative estimate of drug-likeness (QED) is 0.582. The number of benzene rings is 1. The van der Waals surface area contributed by atoms with Gasteiger partial charge in [0.1, 0.15) is 16.5 Å². The molecule has 1 aliphatic heterocycles. The zero-order chi connectivity index (χ0) is 22.9. The van der Waals surface area contributed by atoms with E-state index < -0.39 is 26.6 Å².